The van der Waals surface area contributed by atoms with Gasteiger partial charge in [-0.2, -0.15) is 0 Å². The number of hydrogen-bond donors (Lipinski definition) is 1. The highest BCUT2D eigenvalue weighted by Gasteiger charge is 2.38. The Morgan fingerprint density at radius 1 is 1.47 bits per heavy atom. The van der Waals surface area contributed by atoms with Gasteiger partial charge in [0.25, 0.3) is 0 Å². The van der Waals surface area contributed by atoms with Crippen molar-refractivity contribution in [1.82, 2.24) is 0 Å². The highest BCUT2D eigenvalue weighted by molar-refractivity contribution is 6.08. The van der Waals surface area contributed by atoms with Crippen LogP contribution in [0.1, 0.15) is 19.8 Å². The predicted molar refractivity (Wildman–Crippen MR) is 70.3 cm³/mol. The van der Waals surface area contributed by atoms with Gasteiger partial charge in [0.05, 0.1) is 12.3 Å². The minimum absolute atomic E-state index is 0.344. The Morgan fingerprint density at radius 2 is 2.21 bits per heavy atom. The third-order valence-electron chi connectivity index (χ3n) is 3.12. The lowest BCUT2D eigenvalue weighted by atomic mass is 10.1. The first-order chi connectivity index (χ1) is 9.15. The number of carbonyl (C=O) groups is 2. The Hall–Kier alpha value is -2.04. The molecule has 1 amide bonds. The minimum atomic E-state index is -1.06. The molecule has 1 N–H and O–H groups in total. The Balaban J connectivity index is 2.23. The van der Waals surface area contributed by atoms with Gasteiger partial charge >= 0.3 is 5.97 Å². The van der Waals surface area contributed by atoms with E-state index in [1.54, 1.807) is 12.1 Å². The van der Waals surface area contributed by atoms with E-state index in [1.807, 2.05) is 19.1 Å². The first-order valence-electron chi connectivity index (χ1n) is 6.41. The summed E-state index contributed by atoms with van der Waals surface area (Å²) in [5.41, 5.74) is 0.657. The van der Waals surface area contributed by atoms with Crippen LogP contribution in [0.5, 0.6) is 5.75 Å². The van der Waals surface area contributed by atoms with Crippen molar-refractivity contribution in [3.63, 3.8) is 0 Å². The second-order valence-electron chi connectivity index (χ2n) is 4.49. The smallest absolute Gasteiger partial charge is 0.316 e. The van der Waals surface area contributed by atoms with Crippen LogP contribution in [0.25, 0.3) is 0 Å². The van der Waals surface area contributed by atoms with Crippen LogP contribution < -0.4 is 9.64 Å². The van der Waals surface area contributed by atoms with Crippen LogP contribution in [0.3, 0.4) is 0 Å². The summed E-state index contributed by atoms with van der Waals surface area (Å²) in [7, 11) is 0. The van der Waals surface area contributed by atoms with Crippen LogP contribution in [0.2, 0.25) is 0 Å². The highest BCUT2D eigenvalue weighted by Crippen LogP contribution is 2.33. The first-order valence-corrected chi connectivity index (χ1v) is 6.41. The van der Waals surface area contributed by atoms with Crippen molar-refractivity contribution in [2.24, 2.45) is 5.92 Å². The number of anilines is 1. The molecular formula is C14H17NO4. The standard InChI is InChI=1S/C14H17NO4/c1-2-9-19-12-6-4-3-5-11(12)15-8-7-10(13(15)16)14(17)18/h3-6,10H,2,7-9H2,1H3,(H,17,18). The van der Waals surface area contributed by atoms with Crippen molar-refractivity contribution in [2.45, 2.75) is 19.8 Å². The van der Waals surface area contributed by atoms with E-state index in [0.29, 0.717) is 31.0 Å². The van der Waals surface area contributed by atoms with E-state index in [2.05, 4.69) is 0 Å². The van der Waals surface area contributed by atoms with Crippen molar-refractivity contribution in [3.05, 3.63) is 24.3 Å². The fraction of sp³-hybridized carbons (Fsp3) is 0.429. The van der Waals surface area contributed by atoms with E-state index in [4.69, 9.17) is 9.84 Å². The molecule has 0 spiro atoms. The van der Waals surface area contributed by atoms with Gasteiger partial charge in [-0.15, -0.1) is 0 Å². The lowest BCUT2D eigenvalue weighted by Gasteiger charge is -2.19. The van der Waals surface area contributed by atoms with E-state index in [-0.39, 0.29) is 5.91 Å². The predicted octanol–water partition coefficient (Wildman–Crippen LogP) is 1.91. The molecule has 19 heavy (non-hydrogen) atoms. The third kappa shape index (κ3) is 2.70. The number of carboxylic acids is 1. The van der Waals surface area contributed by atoms with E-state index in [9.17, 15) is 9.59 Å². The van der Waals surface area contributed by atoms with Gasteiger partial charge in [-0.3, -0.25) is 9.59 Å². The Bertz CT molecular complexity index is 486. The molecule has 1 unspecified atom stereocenters. The molecule has 0 bridgehead atoms. The molecule has 5 nitrogen and oxygen atoms in total. The SMILES string of the molecule is CCCOc1ccccc1N1CCC(C(=O)O)C1=O. The fourth-order valence-corrected chi connectivity index (χ4v) is 2.16. The molecule has 0 radical (unpaired) electrons. The number of para-hydroxylation sites is 2. The van der Waals surface area contributed by atoms with Crippen LogP contribution in [0.15, 0.2) is 24.3 Å². The van der Waals surface area contributed by atoms with E-state index in [1.165, 1.54) is 4.90 Å². The maximum Gasteiger partial charge on any atom is 0.316 e. The quantitative estimate of drug-likeness (QED) is 0.824. The summed E-state index contributed by atoms with van der Waals surface area (Å²) in [4.78, 5) is 24.5. The summed E-state index contributed by atoms with van der Waals surface area (Å²) in [5, 5.41) is 8.98. The number of carbonyl (C=O) groups excluding carboxylic acids is 1. The van der Waals surface area contributed by atoms with Crippen LogP contribution >= 0.6 is 0 Å². The van der Waals surface area contributed by atoms with Crippen molar-refractivity contribution < 1.29 is 19.4 Å². The van der Waals surface area contributed by atoms with Crippen LogP contribution in [-0.4, -0.2) is 30.1 Å². The molecule has 5 heteroatoms. The van der Waals surface area contributed by atoms with Gasteiger partial charge in [0.1, 0.15) is 11.7 Å². The normalized spacial score (nSPS) is 18.7. The monoisotopic (exact) mass is 263 g/mol. The molecule has 2 rings (SSSR count). The Labute approximate surface area is 111 Å². The average Bonchev–Trinajstić information content (AvgIpc) is 2.78. The number of aliphatic carboxylic acids is 1. The first kappa shape index (κ1) is 13.4. The fourth-order valence-electron chi connectivity index (χ4n) is 2.16. The van der Waals surface area contributed by atoms with Crippen molar-refractivity contribution in [1.29, 1.82) is 0 Å². The maximum atomic E-state index is 12.1. The van der Waals surface area contributed by atoms with Crippen molar-refractivity contribution in [2.75, 3.05) is 18.1 Å². The van der Waals surface area contributed by atoms with Crippen LogP contribution in [-0.2, 0) is 9.59 Å². The van der Waals surface area contributed by atoms with Gasteiger partial charge in [-0.05, 0) is 25.0 Å². The number of hydrogen-bond acceptors (Lipinski definition) is 3. The summed E-state index contributed by atoms with van der Waals surface area (Å²) in [6, 6.07) is 7.23. The molecular weight excluding hydrogens is 246 g/mol. The zero-order chi connectivity index (χ0) is 13.8. The van der Waals surface area contributed by atoms with Gasteiger partial charge < -0.3 is 14.7 Å². The van der Waals surface area contributed by atoms with Crippen molar-refractivity contribution in [3.8, 4) is 5.75 Å². The molecule has 1 aromatic carbocycles. The lowest BCUT2D eigenvalue weighted by Crippen LogP contribution is -2.30. The van der Waals surface area contributed by atoms with Gasteiger partial charge in [-0.1, -0.05) is 19.1 Å². The summed E-state index contributed by atoms with van der Waals surface area (Å²) >= 11 is 0. The van der Waals surface area contributed by atoms with Gasteiger partial charge in [0.2, 0.25) is 5.91 Å². The van der Waals surface area contributed by atoms with Crippen LogP contribution in [0, 0.1) is 5.92 Å². The number of benzene rings is 1. The number of amides is 1. The molecule has 1 aromatic rings. The molecule has 1 fully saturated rings. The topological polar surface area (TPSA) is 66.8 Å². The zero-order valence-electron chi connectivity index (χ0n) is 10.8. The molecule has 1 heterocycles. The second-order valence-corrected chi connectivity index (χ2v) is 4.49. The molecule has 1 aliphatic heterocycles. The van der Waals surface area contributed by atoms with Crippen LogP contribution in [0.4, 0.5) is 5.69 Å². The summed E-state index contributed by atoms with van der Waals surface area (Å²) in [6.45, 7) is 2.99. The van der Waals surface area contributed by atoms with E-state index < -0.39 is 11.9 Å². The number of ether oxygens (including phenoxy) is 1. The highest BCUT2D eigenvalue weighted by atomic mass is 16.5. The molecule has 0 aliphatic carbocycles. The number of rotatable bonds is 5. The maximum absolute atomic E-state index is 12.1. The molecule has 1 aliphatic rings. The largest absolute Gasteiger partial charge is 0.491 e. The minimum Gasteiger partial charge on any atom is -0.491 e. The second kappa shape index (κ2) is 5.73. The van der Waals surface area contributed by atoms with Crippen molar-refractivity contribution >= 4 is 17.6 Å². The van der Waals surface area contributed by atoms with Gasteiger partial charge in [-0.25, -0.2) is 0 Å². The average molecular weight is 263 g/mol. The summed E-state index contributed by atoms with van der Waals surface area (Å²) < 4.78 is 5.60. The van der Waals surface area contributed by atoms with Gasteiger partial charge in [0, 0.05) is 6.54 Å². The number of carboxylic acid groups (broad SMARTS) is 1. The molecule has 0 saturated carbocycles. The van der Waals surface area contributed by atoms with E-state index >= 15 is 0 Å². The van der Waals surface area contributed by atoms with E-state index in [0.717, 1.165) is 6.42 Å². The zero-order valence-corrected chi connectivity index (χ0v) is 10.8. The van der Waals surface area contributed by atoms with Gasteiger partial charge in [0.15, 0.2) is 0 Å². The Kier molecular flexibility index (Phi) is 4.04. The summed E-state index contributed by atoms with van der Waals surface area (Å²) in [6.07, 6.45) is 1.22. The molecule has 1 saturated heterocycles. The molecule has 0 aromatic heterocycles. The molecule has 1 atom stereocenters. The summed E-state index contributed by atoms with van der Waals surface area (Å²) in [5.74, 6) is -1.72. The molecule has 102 valence electrons. The Morgan fingerprint density at radius 3 is 2.84 bits per heavy atom. The third-order valence-corrected chi connectivity index (χ3v) is 3.12. The number of nitrogens with zero attached hydrogens (tertiary/aromatic N) is 1. The lowest BCUT2D eigenvalue weighted by molar-refractivity contribution is -0.144.